The van der Waals surface area contributed by atoms with E-state index in [-0.39, 0.29) is 52.2 Å². The van der Waals surface area contributed by atoms with E-state index in [1.54, 1.807) is 0 Å². The van der Waals surface area contributed by atoms with Gasteiger partial charge in [-0.2, -0.15) is 0 Å². The van der Waals surface area contributed by atoms with Crippen molar-refractivity contribution in [2.45, 2.75) is 25.9 Å². The second kappa shape index (κ2) is 14.5. The maximum absolute atomic E-state index is 11.5. The zero-order valence-corrected chi connectivity index (χ0v) is 21.6. The summed E-state index contributed by atoms with van der Waals surface area (Å²) in [4.78, 5) is 8.66. The number of nitrogens with zero attached hydrogens (tertiary/aromatic N) is 2. The number of aromatic hydroxyl groups is 2. The average molecular weight is 536 g/mol. The third-order valence-electron chi connectivity index (χ3n) is 5.43. The molecule has 0 unspecified atom stereocenters. The van der Waals surface area contributed by atoms with Crippen LogP contribution in [0.4, 0.5) is 0 Å². The molecule has 0 aliphatic rings. The van der Waals surface area contributed by atoms with Crippen LogP contribution < -0.4 is 10.2 Å². The van der Waals surface area contributed by atoms with Gasteiger partial charge in [-0.1, -0.05) is 84.3 Å². The molecule has 7 heteroatoms. The molecule has 4 aromatic carbocycles. The van der Waals surface area contributed by atoms with Gasteiger partial charge in [0.1, 0.15) is 11.5 Å². The first-order valence-electron chi connectivity index (χ1n) is 11.5. The second-order valence-electron chi connectivity index (χ2n) is 8.17. The molecule has 37 heavy (non-hydrogen) atoms. The summed E-state index contributed by atoms with van der Waals surface area (Å²) in [6, 6.07) is 27.9. The van der Waals surface area contributed by atoms with Gasteiger partial charge in [-0.25, -0.2) is 0 Å². The Bertz CT molecular complexity index is 1210. The van der Waals surface area contributed by atoms with Gasteiger partial charge >= 0.3 is 17.1 Å². The minimum Gasteiger partial charge on any atom is -0.872 e. The summed E-state index contributed by atoms with van der Waals surface area (Å²) in [7, 11) is 0. The Balaban J connectivity index is 0.000000253. The maximum atomic E-state index is 11.5. The largest absolute Gasteiger partial charge is 2.00 e. The molecule has 2 N–H and O–H groups in total. The van der Waals surface area contributed by atoms with Gasteiger partial charge in [-0.3, -0.25) is 9.98 Å². The Morgan fingerprint density at radius 2 is 0.946 bits per heavy atom. The van der Waals surface area contributed by atoms with E-state index in [2.05, 4.69) is 9.98 Å². The van der Waals surface area contributed by atoms with Crippen LogP contribution in [0.3, 0.4) is 0 Å². The van der Waals surface area contributed by atoms with Crippen LogP contribution in [-0.4, -0.2) is 22.6 Å². The third-order valence-corrected chi connectivity index (χ3v) is 5.43. The van der Waals surface area contributed by atoms with Crippen LogP contribution in [0.5, 0.6) is 23.0 Å². The molecule has 0 aliphatic heterocycles. The van der Waals surface area contributed by atoms with Gasteiger partial charge in [0, 0.05) is 12.4 Å². The first-order chi connectivity index (χ1) is 17.3. The molecule has 0 bridgehead atoms. The number of hydrogen-bond acceptors (Lipinski definition) is 6. The molecule has 0 aromatic heterocycles. The van der Waals surface area contributed by atoms with Crippen molar-refractivity contribution in [1.82, 2.24) is 0 Å². The Kier molecular flexibility index (Phi) is 11.4. The Morgan fingerprint density at radius 3 is 1.30 bits per heavy atom. The number of hydrogen-bond donors (Lipinski definition) is 2. The second-order valence-corrected chi connectivity index (χ2v) is 8.17. The van der Waals surface area contributed by atoms with E-state index in [9.17, 15) is 20.4 Å². The van der Waals surface area contributed by atoms with Crippen molar-refractivity contribution in [3.05, 3.63) is 119 Å². The smallest absolute Gasteiger partial charge is 0.872 e. The van der Waals surface area contributed by atoms with Crippen molar-refractivity contribution < 1.29 is 37.5 Å². The van der Waals surface area contributed by atoms with E-state index in [4.69, 9.17) is 0 Å². The zero-order chi connectivity index (χ0) is 25.9. The van der Waals surface area contributed by atoms with Crippen LogP contribution in [0.25, 0.3) is 0 Å². The Hall–Kier alpha value is -4.06. The van der Waals surface area contributed by atoms with Crippen LogP contribution in [0.15, 0.2) is 107 Å². The number of rotatable bonds is 6. The molecule has 0 amide bonds. The molecule has 0 saturated carbocycles. The first-order valence-corrected chi connectivity index (χ1v) is 11.5. The average Bonchev–Trinajstić information content (AvgIpc) is 2.90. The van der Waals surface area contributed by atoms with Crippen molar-refractivity contribution in [2.75, 3.05) is 0 Å². The molecule has 0 fully saturated rings. The Labute approximate surface area is 227 Å². The van der Waals surface area contributed by atoms with Crippen molar-refractivity contribution in [1.29, 1.82) is 0 Å². The molecular formula is C30H28FeN2O4. The van der Waals surface area contributed by atoms with Crippen LogP contribution in [0.2, 0.25) is 0 Å². The van der Waals surface area contributed by atoms with Gasteiger partial charge in [-0.05, 0) is 60.4 Å². The fourth-order valence-corrected chi connectivity index (χ4v) is 3.29. The molecule has 4 rings (SSSR count). The van der Waals surface area contributed by atoms with E-state index >= 15 is 0 Å². The predicted molar refractivity (Wildman–Crippen MR) is 140 cm³/mol. The molecular weight excluding hydrogens is 508 g/mol. The quantitative estimate of drug-likeness (QED) is 0.258. The van der Waals surface area contributed by atoms with E-state index in [0.29, 0.717) is 11.1 Å². The molecule has 0 saturated heterocycles. The molecule has 190 valence electrons. The summed E-state index contributed by atoms with van der Waals surface area (Å²) >= 11 is 0. The number of benzene rings is 4. The molecule has 4 aromatic rings. The van der Waals surface area contributed by atoms with Gasteiger partial charge in [0.15, 0.2) is 0 Å². The zero-order valence-electron chi connectivity index (χ0n) is 20.5. The third kappa shape index (κ3) is 9.15. The Morgan fingerprint density at radius 1 is 0.595 bits per heavy atom. The SMILES string of the molecule is C[C@@H](N=Cc1cc(O)ccc1[O-])c1ccccc1.C[C@@H](N=Cc1cc(O)ccc1[O-])c1ccccc1.[Fe+2]. The molecule has 0 aliphatic carbocycles. The summed E-state index contributed by atoms with van der Waals surface area (Å²) in [5.74, 6) is -0.138. The number of phenolic OH excluding ortho intramolecular Hbond substituents is 2. The topological polar surface area (TPSA) is 111 Å². The summed E-state index contributed by atoms with van der Waals surface area (Å²) < 4.78 is 0. The van der Waals surface area contributed by atoms with Crippen molar-refractivity contribution in [3.8, 4) is 23.0 Å². The maximum Gasteiger partial charge on any atom is 2.00 e. The normalized spacial score (nSPS) is 12.4. The first kappa shape index (κ1) is 29.2. The van der Waals surface area contributed by atoms with Gasteiger partial charge in [0.05, 0.1) is 12.1 Å². The minimum atomic E-state index is -0.142. The monoisotopic (exact) mass is 536 g/mol. The molecule has 6 nitrogen and oxygen atoms in total. The summed E-state index contributed by atoms with van der Waals surface area (Å²) in [6.07, 6.45) is 3.03. The van der Waals surface area contributed by atoms with Gasteiger partial charge in [0.25, 0.3) is 0 Å². The minimum absolute atomic E-state index is 0. The summed E-state index contributed by atoms with van der Waals surface area (Å²) in [5.41, 5.74) is 2.97. The summed E-state index contributed by atoms with van der Waals surface area (Å²) in [5, 5.41) is 41.7. The van der Waals surface area contributed by atoms with E-state index in [1.807, 2.05) is 74.5 Å². The van der Waals surface area contributed by atoms with Crippen molar-refractivity contribution >= 4 is 12.4 Å². The van der Waals surface area contributed by atoms with Gasteiger partial charge < -0.3 is 20.4 Å². The van der Waals surface area contributed by atoms with E-state index in [1.165, 1.54) is 48.8 Å². The van der Waals surface area contributed by atoms with Crippen LogP contribution in [0.1, 0.15) is 48.2 Å². The van der Waals surface area contributed by atoms with Gasteiger partial charge in [0.2, 0.25) is 0 Å². The molecule has 2 atom stereocenters. The number of aliphatic imine (C=N–C) groups is 2. The molecule has 0 radical (unpaired) electrons. The van der Waals surface area contributed by atoms with E-state index in [0.717, 1.165) is 11.1 Å². The van der Waals surface area contributed by atoms with E-state index < -0.39 is 0 Å². The fourth-order valence-electron chi connectivity index (χ4n) is 3.29. The van der Waals surface area contributed by atoms with Crippen LogP contribution >= 0.6 is 0 Å². The van der Waals surface area contributed by atoms with Crippen molar-refractivity contribution in [3.63, 3.8) is 0 Å². The van der Waals surface area contributed by atoms with Crippen molar-refractivity contribution in [2.24, 2.45) is 9.98 Å². The molecule has 0 heterocycles. The number of phenols is 2. The molecule has 0 spiro atoms. The fraction of sp³-hybridized carbons (Fsp3) is 0.133. The van der Waals surface area contributed by atoms with Crippen LogP contribution in [-0.2, 0) is 17.1 Å². The van der Waals surface area contributed by atoms with Gasteiger partial charge in [-0.15, -0.1) is 0 Å². The standard InChI is InChI=1S/2C15H15NO2.Fe/c2*1-11(12-5-3-2-4-6-12)16-10-13-9-14(17)7-8-15(13)18;/h2*2-11,17-18H,1H3;/q;;+2/p-2/t2*11-;/m11./s1. The summed E-state index contributed by atoms with van der Waals surface area (Å²) in [6.45, 7) is 3.91. The predicted octanol–water partition coefficient (Wildman–Crippen LogP) is 5.29. The van der Waals surface area contributed by atoms with Crippen LogP contribution in [0, 0.1) is 0 Å².